The van der Waals surface area contributed by atoms with Gasteiger partial charge < -0.3 is 15.0 Å². The van der Waals surface area contributed by atoms with Gasteiger partial charge in [-0.25, -0.2) is 0 Å². The van der Waals surface area contributed by atoms with Gasteiger partial charge in [0.1, 0.15) is 5.75 Å². The van der Waals surface area contributed by atoms with Gasteiger partial charge in [0, 0.05) is 31.9 Å². The Morgan fingerprint density at radius 2 is 2.29 bits per heavy atom. The highest BCUT2D eigenvalue weighted by molar-refractivity contribution is 5.50. The Hall–Kier alpha value is -1.22. The fourth-order valence-corrected chi connectivity index (χ4v) is 2.52. The zero-order valence-corrected chi connectivity index (χ0v) is 11.0. The number of hydrogen-bond acceptors (Lipinski definition) is 3. The first-order chi connectivity index (χ1) is 8.13. The van der Waals surface area contributed by atoms with Gasteiger partial charge in [-0.3, -0.25) is 0 Å². The highest BCUT2D eigenvalue weighted by atomic mass is 16.5. The number of nitrogens with one attached hydrogen (secondary N) is 1. The van der Waals surface area contributed by atoms with Crippen LogP contribution in [-0.4, -0.2) is 33.8 Å². The van der Waals surface area contributed by atoms with Crippen molar-refractivity contribution < 1.29 is 4.74 Å². The fraction of sp³-hybridized carbons (Fsp3) is 0.571. The second-order valence-corrected chi connectivity index (χ2v) is 5.29. The Balaban J connectivity index is 2.05. The number of nitrogens with zero attached hydrogens (tertiary/aromatic N) is 1. The second kappa shape index (κ2) is 4.96. The standard InChI is InChI=1S/C14H22N2O/c1-14(7-8-15-10-14)11-16(2)12-5-4-6-13(9-12)17-3/h4-6,9,15H,7-8,10-11H2,1-3H3. The van der Waals surface area contributed by atoms with Crippen molar-refractivity contribution in [2.45, 2.75) is 13.3 Å². The number of ether oxygens (including phenoxy) is 1. The van der Waals surface area contributed by atoms with Gasteiger partial charge in [0.25, 0.3) is 0 Å². The molecule has 0 saturated carbocycles. The summed E-state index contributed by atoms with van der Waals surface area (Å²) < 4.78 is 5.26. The summed E-state index contributed by atoms with van der Waals surface area (Å²) in [5, 5.41) is 3.44. The lowest BCUT2D eigenvalue weighted by Gasteiger charge is -2.30. The molecule has 1 aromatic rings. The summed E-state index contributed by atoms with van der Waals surface area (Å²) in [5.41, 5.74) is 1.61. The van der Waals surface area contributed by atoms with Crippen LogP contribution in [0.2, 0.25) is 0 Å². The molecule has 1 unspecified atom stereocenters. The predicted octanol–water partition coefficient (Wildman–Crippen LogP) is 2.13. The average molecular weight is 234 g/mol. The van der Waals surface area contributed by atoms with Gasteiger partial charge >= 0.3 is 0 Å². The van der Waals surface area contributed by atoms with Crippen molar-refractivity contribution in [3.05, 3.63) is 24.3 Å². The Morgan fingerprint density at radius 1 is 1.47 bits per heavy atom. The number of hydrogen-bond donors (Lipinski definition) is 1. The van der Waals surface area contributed by atoms with Crippen LogP contribution >= 0.6 is 0 Å². The van der Waals surface area contributed by atoms with Crippen molar-refractivity contribution >= 4 is 5.69 Å². The molecule has 1 aromatic carbocycles. The first kappa shape index (κ1) is 12.2. The minimum atomic E-state index is 0.387. The van der Waals surface area contributed by atoms with Crippen LogP contribution in [0.4, 0.5) is 5.69 Å². The van der Waals surface area contributed by atoms with E-state index in [4.69, 9.17) is 4.74 Å². The van der Waals surface area contributed by atoms with Crippen LogP contribution in [0.15, 0.2) is 24.3 Å². The van der Waals surface area contributed by atoms with Crippen molar-refractivity contribution in [3.63, 3.8) is 0 Å². The molecule has 1 heterocycles. The van der Waals surface area contributed by atoms with Crippen molar-refractivity contribution in [2.75, 3.05) is 38.7 Å². The number of rotatable bonds is 4. The van der Waals surface area contributed by atoms with Crippen LogP contribution < -0.4 is 15.0 Å². The van der Waals surface area contributed by atoms with E-state index in [-0.39, 0.29) is 0 Å². The maximum atomic E-state index is 5.26. The summed E-state index contributed by atoms with van der Waals surface area (Å²) in [7, 11) is 3.86. The maximum Gasteiger partial charge on any atom is 0.120 e. The molecule has 94 valence electrons. The summed E-state index contributed by atoms with van der Waals surface area (Å²) >= 11 is 0. The number of anilines is 1. The molecule has 0 bridgehead atoms. The molecule has 17 heavy (non-hydrogen) atoms. The highest BCUT2D eigenvalue weighted by Crippen LogP contribution is 2.28. The lowest BCUT2D eigenvalue weighted by molar-refractivity contribution is 0.371. The molecular formula is C14H22N2O. The van der Waals surface area contributed by atoms with Crippen molar-refractivity contribution in [1.29, 1.82) is 0 Å². The molecular weight excluding hydrogens is 212 g/mol. The molecule has 1 fully saturated rings. The Morgan fingerprint density at radius 3 is 2.94 bits per heavy atom. The number of methoxy groups -OCH3 is 1. The summed E-state index contributed by atoms with van der Waals surface area (Å²) in [4.78, 5) is 2.32. The SMILES string of the molecule is COc1cccc(N(C)CC2(C)CCNC2)c1. The van der Waals surface area contributed by atoms with Crippen molar-refractivity contribution in [2.24, 2.45) is 5.41 Å². The van der Waals surface area contributed by atoms with Gasteiger partial charge in [0.05, 0.1) is 7.11 Å². The van der Waals surface area contributed by atoms with Crippen LogP contribution in [0.1, 0.15) is 13.3 Å². The van der Waals surface area contributed by atoms with Crippen LogP contribution in [0, 0.1) is 5.41 Å². The minimum absolute atomic E-state index is 0.387. The molecule has 3 heteroatoms. The monoisotopic (exact) mass is 234 g/mol. The van der Waals surface area contributed by atoms with E-state index in [1.807, 2.05) is 12.1 Å². The molecule has 1 saturated heterocycles. The number of benzene rings is 1. The Labute approximate surface area is 104 Å². The Bertz CT molecular complexity index is 372. The predicted molar refractivity (Wildman–Crippen MR) is 71.9 cm³/mol. The zero-order chi connectivity index (χ0) is 12.3. The zero-order valence-electron chi connectivity index (χ0n) is 11.0. The lowest BCUT2D eigenvalue weighted by atomic mass is 9.89. The normalized spacial score (nSPS) is 23.7. The molecule has 0 aromatic heterocycles. The average Bonchev–Trinajstić information content (AvgIpc) is 2.76. The third kappa shape index (κ3) is 2.91. The molecule has 2 rings (SSSR count). The van der Waals surface area contributed by atoms with Gasteiger partial charge in [-0.1, -0.05) is 13.0 Å². The maximum absolute atomic E-state index is 5.26. The van der Waals surface area contributed by atoms with Gasteiger partial charge in [-0.15, -0.1) is 0 Å². The molecule has 0 aliphatic carbocycles. The molecule has 0 spiro atoms. The Kier molecular flexibility index (Phi) is 3.57. The van der Waals surface area contributed by atoms with E-state index < -0.39 is 0 Å². The first-order valence-electron chi connectivity index (χ1n) is 6.19. The molecule has 0 radical (unpaired) electrons. The van der Waals surface area contributed by atoms with E-state index in [0.717, 1.165) is 25.4 Å². The summed E-state index contributed by atoms with van der Waals surface area (Å²) in [6.07, 6.45) is 1.25. The minimum Gasteiger partial charge on any atom is -0.497 e. The van der Waals surface area contributed by atoms with Crippen LogP contribution in [0.3, 0.4) is 0 Å². The first-order valence-corrected chi connectivity index (χ1v) is 6.19. The van der Waals surface area contributed by atoms with Crippen LogP contribution in [-0.2, 0) is 0 Å². The topological polar surface area (TPSA) is 24.5 Å². The van der Waals surface area contributed by atoms with Crippen LogP contribution in [0.25, 0.3) is 0 Å². The molecule has 0 amide bonds. The quantitative estimate of drug-likeness (QED) is 0.863. The van der Waals surface area contributed by atoms with Gasteiger partial charge in [0.2, 0.25) is 0 Å². The van der Waals surface area contributed by atoms with Gasteiger partial charge in [-0.05, 0) is 30.5 Å². The van der Waals surface area contributed by atoms with E-state index in [9.17, 15) is 0 Å². The molecule has 1 atom stereocenters. The summed E-state index contributed by atoms with van der Waals surface area (Å²) in [6.45, 7) is 5.68. The van der Waals surface area contributed by atoms with Crippen LogP contribution in [0.5, 0.6) is 5.75 Å². The molecule has 3 nitrogen and oxygen atoms in total. The largest absolute Gasteiger partial charge is 0.497 e. The van der Waals surface area contributed by atoms with E-state index in [1.54, 1.807) is 7.11 Å². The molecule has 1 aliphatic heterocycles. The van der Waals surface area contributed by atoms with Gasteiger partial charge in [-0.2, -0.15) is 0 Å². The lowest BCUT2D eigenvalue weighted by Crippen LogP contribution is -2.35. The third-order valence-electron chi connectivity index (χ3n) is 3.57. The highest BCUT2D eigenvalue weighted by Gasteiger charge is 2.29. The second-order valence-electron chi connectivity index (χ2n) is 5.29. The van der Waals surface area contributed by atoms with Crippen molar-refractivity contribution in [3.8, 4) is 5.75 Å². The molecule has 1 aliphatic rings. The van der Waals surface area contributed by atoms with E-state index in [1.165, 1.54) is 12.1 Å². The molecule has 1 N–H and O–H groups in total. The van der Waals surface area contributed by atoms with E-state index in [0.29, 0.717) is 5.41 Å². The van der Waals surface area contributed by atoms with Gasteiger partial charge in [0.15, 0.2) is 0 Å². The van der Waals surface area contributed by atoms with E-state index in [2.05, 4.69) is 36.3 Å². The smallest absolute Gasteiger partial charge is 0.120 e. The van der Waals surface area contributed by atoms with Crippen molar-refractivity contribution in [1.82, 2.24) is 5.32 Å². The summed E-state index contributed by atoms with van der Waals surface area (Å²) in [6, 6.07) is 8.25. The van der Waals surface area contributed by atoms with E-state index >= 15 is 0 Å². The summed E-state index contributed by atoms with van der Waals surface area (Å²) in [5.74, 6) is 0.920. The fourth-order valence-electron chi connectivity index (χ4n) is 2.52. The third-order valence-corrected chi connectivity index (χ3v) is 3.57.